The van der Waals surface area contributed by atoms with Crippen LogP contribution in [0, 0.1) is 0 Å². The van der Waals surface area contributed by atoms with Crippen molar-refractivity contribution in [1.82, 2.24) is 10.5 Å². The number of pyridine rings is 1. The van der Waals surface area contributed by atoms with Gasteiger partial charge in [-0.1, -0.05) is 24.3 Å². The zero-order chi connectivity index (χ0) is 19.4. The highest BCUT2D eigenvalue weighted by atomic mass is 32.2. The summed E-state index contributed by atoms with van der Waals surface area (Å²) < 4.78 is 27.8. The van der Waals surface area contributed by atoms with Gasteiger partial charge in [-0.25, -0.2) is 5.48 Å². The molecule has 0 saturated carbocycles. The van der Waals surface area contributed by atoms with Crippen LogP contribution in [0.1, 0.15) is 15.9 Å². The summed E-state index contributed by atoms with van der Waals surface area (Å²) in [5.74, 6) is -1.04. The number of para-hydroxylation sites is 1. The molecule has 0 spiro atoms. The van der Waals surface area contributed by atoms with E-state index in [9.17, 15) is 13.2 Å². The molecule has 0 radical (unpaired) electrons. The SMILES string of the molecule is CS(=O)(=O)Oc1cc(CNc2cccc3cccnc23)ccc1C(=O)NO. The molecule has 0 aliphatic rings. The summed E-state index contributed by atoms with van der Waals surface area (Å²) in [7, 11) is -3.85. The lowest BCUT2D eigenvalue weighted by Crippen LogP contribution is -2.20. The van der Waals surface area contributed by atoms with E-state index in [1.54, 1.807) is 12.3 Å². The quantitative estimate of drug-likeness (QED) is 0.337. The van der Waals surface area contributed by atoms with Crippen molar-refractivity contribution in [2.24, 2.45) is 0 Å². The molecular weight excluding hydrogens is 370 g/mol. The van der Waals surface area contributed by atoms with Crippen molar-refractivity contribution < 1.29 is 22.6 Å². The molecule has 1 heterocycles. The number of hydroxylamine groups is 1. The molecule has 3 aromatic rings. The summed E-state index contributed by atoms with van der Waals surface area (Å²) in [6, 6.07) is 14.0. The molecule has 3 N–H and O–H groups in total. The van der Waals surface area contributed by atoms with Crippen molar-refractivity contribution >= 4 is 32.6 Å². The summed E-state index contributed by atoms with van der Waals surface area (Å²) in [5, 5.41) is 13.0. The minimum atomic E-state index is -3.85. The van der Waals surface area contributed by atoms with Crippen LogP contribution in [0.5, 0.6) is 5.75 Å². The highest BCUT2D eigenvalue weighted by Crippen LogP contribution is 2.24. The Hall–Kier alpha value is -3.17. The highest BCUT2D eigenvalue weighted by molar-refractivity contribution is 7.86. The van der Waals surface area contributed by atoms with Crippen LogP contribution >= 0.6 is 0 Å². The molecule has 9 heteroatoms. The maximum Gasteiger partial charge on any atom is 0.306 e. The zero-order valence-corrected chi connectivity index (χ0v) is 15.2. The molecular formula is C18H17N3O5S. The van der Waals surface area contributed by atoms with Crippen LogP contribution in [0.4, 0.5) is 5.69 Å². The third-order valence-corrected chi connectivity index (χ3v) is 4.23. The fraction of sp³-hybridized carbons (Fsp3) is 0.111. The first-order valence-corrected chi connectivity index (χ1v) is 9.73. The highest BCUT2D eigenvalue weighted by Gasteiger charge is 2.16. The molecule has 3 rings (SSSR count). The number of rotatable bonds is 6. The first-order chi connectivity index (χ1) is 12.9. The number of fused-ring (bicyclic) bond motifs is 1. The lowest BCUT2D eigenvalue weighted by Gasteiger charge is -2.12. The summed E-state index contributed by atoms with van der Waals surface area (Å²) >= 11 is 0. The number of carbonyl (C=O) groups is 1. The Bertz CT molecular complexity index is 1090. The fourth-order valence-corrected chi connectivity index (χ4v) is 3.06. The second kappa shape index (κ2) is 7.60. The van der Waals surface area contributed by atoms with Crippen LogP contribution in [0.15, 0.2) is 54.7 Å². The number of aromatic nitrogens is 1. The Morgan fingerprint density at radius 3 is 2.70 bits per heavy atom. The van der Waals surface area contributed by atoms with Crippen LogP contribution in [0.25, 0.3) is 10.9 Å². The average molecular weight is 387 g/mol. The van der Waals surface area contributed by atoms with Crippen LogP contribution in [-0.2, 0) is 16.7 Å². The van der Waals surface area contributed by atoms with Gasteiger partial charge < -0.3 is 9.50 Å². The van der Waals surface area contributed by atoms with Gasteiger partial charge in [-0.15, -0.1) is 0 Å². The van der Waals surface area contributed by atoms with Gasteiger partial charge >= 0.3 is 10.1 Å². The average Bonchev–Trinajstić information content (AvgIpc) is 2.64. The van der Waals surface area contributed by atoms with Gasteiger partial charge in [-0.05, 0) is 29.8 Å². The smallest absolute Gasteiger partial charge is 0.306 e. The van der Waals surface area contributed by atoms with Gasteiger partial charge in [0.25, 0.3) is 5.91 Å². The number of hydrogen-bond acceptors (Lipinski definition) is 7. The third kappa shape index (κ3) is 4.52. The lowest BCUT2D eigenvalue weighted by atomic mass is 10.1. The molecule has 8 nitrogen and oxygen atoms in total. The van der Waals surface area contributed by atoms with Crippen LogP contribution in [-0.4, -0.2) is 30.8 Å². The van der Waals surface area contributed by atoms with Crippen molar-refractivity contribution in [3.8, 4) is 5.75 Å². The largest absolute Gasteiger partial charge is 0.382 e. The van der Waals surface area contributed by atoms with Gasteiger partial charge in [-0.2, -0.15) is 8.42 Å². The Kier molecular flexibility index (Phi) is 5.24. The van der Waals surface area contributed by atoms with E-state index in [1.165, 1.54) is 17.6 Å². The van der Waals surface area contributed by atoms with E-state index in [1.807, 2.05) is 30.3 Å². The predicted molar refractivity (Wildman–Crippen MR) is 100 cm³/mol. The summed E-state index contributed by atoms with van der Waals surface area (Å²) in [6.07, 6.45) is 2.58. The molecule has 1 aromatic heterocycles. The Balaban J connectivity index is 1.88. The van der Waals surface area contributed by atoms with E-state index in [0.717, 1.165) is 22.8 Å². The fourth-order valence-electron chi connectivity index (χ4n) is 2.60. The van der Waals surface area contributed by atoms with E-state index in [0.29, 0.717) is 12.1 Å². The predicted octanol–water partition coefficient (Wildman–Crippen LogP) is 2.30. The van der Waals surface area contributed by atoms with Gasteiger partial charge in [0.05, 0.1) is 23.0 Å². The summed E-state index contributed by atoms with van der Waals surface area (Å²) in [6.45, 7) is 0.344. The number of amides is 1. The standard InChI is InChI=1S/C18H17N3O5S/c1-27(24,25)26-16-10-12(7-8-14(16)18(22)21-23)11-20-15-6-2-4-13-5-3-9-19-17(13)15/h2-10,20,23H,11H2,1H3,(H,21,22). The molecule has 0 saturated heterocycles. The van der Waals surface area contributed by atoms with Crippen LogP contribution in [0.2, 0.25) is 0 Å². The Morgan fingerprint density at radius 1 is 1.19 bits per heavy atom. The monoisotopic (exact) mass is 387 g/mol. The number of nitrogens with one attached hydrogen (secondary N) is 2. The van der Waals surface area contributed by atoms with Gasteiger partial charge in [0.15, 0.2) is 5.75 Å². The number of anilines is 1. The van der Waals surface area contributed by atoms with Gasteiger partial charge in [0.2, 0.25) is 0 Å². The maximum absolute atomic E-state index is 11.7. The normalized spacial score (nSPS) is 11.2. The molecule has 0 unspecified atom stereocenters. The molecule has 140 valence electrons. The molecule has 0 aliphatic heterocycles. The molecule has 0 aliphatic carbocycles. The molecule has 0 bridgehead atoms. The summed E-state index contributed by atoms with van der Waals surface area (Å²) in [5.41, 5.74) is 3.67. The maximum atomic E-state index is 11.7. The van der Waals surface area contributed by atoms with Gasteiger partial charge in [-0.3, -0.25) is 15.0 Å². The second-order valence-electron chi connectivity index (χ2n) is 5.79. The lowest BCUT2D eigenvalue weighted by molar-refractivity contribution is 0.0704. The Morgan fingerprint density at radius 2 is 1.96 bits per heavy atom. The van der Waals surface area contributed by atoms with Gasteiger partial charge in [0, 0.05) is 18.1 Å². The van der Waals surface area contributed by atoms with E-state index in [-0.39, 0.29) is 11.3 Å². The zero-order valence-electron chi connectivity index (χ0n) is 14.3. The van der Waals surface area contributed by atoms with E-state index in [4.69, 9.17) is 9.39 Å². The molecule has 0 fully saturated rings. The first-order valence-electron chi connectivity index (χ1n) is 7.92. The third-order valence-electron chi connectivity index (χ3n) is 3.75. The number of benzene rings is 2. The van der Waals surface area contributed by atoms with Crippen molar-refractivity contribution in [3.05, 3.63) is 65.9 Å². The first kappa shape index (κ1) is 18.6. The van der Waals surface area contributed by atoms with E-state index >= 15 is 0 Å². The summed E-state index contributed by atoms with van der Waals surface area (Å²) in [4.78, 5) is 16.1. The van der Waals surface area contributed by atoms with E-state index in [2.05, 4.69) is 10.3 Å². The number of carbonyl (C=O) groups excluding carboxylic acids is 1. The van der Waals surface area contributed by atoms with Crippen molar-refractivity contribution in [2.75, 3.05) is 11.6 Å². The molecule has 0 atom stereocenters. The molecule has 2 aromatic carbocycles. The topological polar surface area (TPSA) is 118 Å². The minimum Gasteiger partial charge on any atom is -0.382 e. The number of nitrogens with zero attached hydrogens (tertiary/aromatic N) is 1. The van der Waals surface area contributed by atoms with Crippen LogP contribution in [0.3, 0.4) is 0 Å². The van der Waals surface area contributed by atoms with Gasteiger partial charge in [0.1, 0.15) is 0 Å². The van der Waals surface area contributed by atoms with Crippen molar-refractivity contribution in [1.29, 1.82) is 0 Å². The molecule has 27 heavy (non-hydrogen) atoms. The van der Waals surface area contributed by atoms with Crippen molar-refractivity contribution in [3.63, 3.8) is 0 Å². The molecule has 1 amide bonds. The second-order valence-corrected chi connectivity index (χ2v) is 7.37. The van der Waals surface area contributed by atoms with Crippen molar-refractivity contribution in [2.45, 2.75) is 6.54 Å². The van der Waals surface area contributed by atoms with E-state index < -0.39 is 16.0 Å². The number of hydrogen-bond donors (Lipinski definition) is 3. The van der Waals surface area contributed by atoms with Crippen LogP contribution < -0.4 is 15.0 Å². The minimum absolute atomic E-state index is 0.0986. The Labute approximate surface area is 155 Å².